The molecule has 0 aromatic rings. The number of ether oxygens (including phenoxy) is 1. The predicted molar refractivity (Wildman–Crippen MR) is 68.2 cm³/mol. The van der Waals surface area contributed by atoms with Gasteiger partial charge in [0.1, 0.15) is 6.04 Å². The maximum atomic E-state index is 11.9. The number of amides is 1. The van der Waals surface area contributed by atoms with Crippen molar-refractivity contribution >= 4 is 5.91 Å². The third-order valence-electron chi connectivity index (χ3n) is 4.08. The van der Waals surface area contributed by atoms with Gasteiger partial charge in [-0.15, -0.1) is 0 Å². The van der Waals surface area contributed by atoms with E-state index in [4.69, 9.17) is 4.74 Å². The number of morpholine rings is 1. The molecule has 1 aliphatic heterocycles. The number of carbonyl (C=O) groups is 1. The van der Waals surface area contributed by atoms with Crippen LogP contribution >= 0.6 is 0 Å². The predicted octanol–water partition coefficient (Wildman–Crippen LogP) is -0.110. The van der Waals surface area contributed by atoms with E-state index in [-0.39, 0.29) is 18.6 Å². The zero-order valence-corrected chi connectivity index (χ0v) is 10.9. The zero-order valence-electron chi connectivity index (χ0n) is 10.9. The van der Waals surface area contributed by atoms with Crippen molar-refractivity contribution in [2.24, 2.45) is 11.8 Å². The molecule has 18 heavy (non-hydrogen) atoms. The lowest BCUT2D eigenvalue weighted by Gasteiger charge is -2.31. The van der Waals surface area contributed by atoms with Crippen LogP contribution in [-0.2, 0) is 9.53 Å². The molecule has 3 N–H and O–H groups in total. The molecule has 0 spiro atoms. The summed E-state index contributed by atoms with van der Waals surface area (Å²) in [6.45, 7) is 2.80. The third kappa shape index (κ3) is 3.67. The fraction of sp³-hybridized carbons (Fsp3) is 0.923. The third-order valence-corrected chi connectivity index (χ3v) is 4.08. The smallest absolute Gasteiger partial charge is 0.239 e. The summed E-state index contributed by atoms with van der Waals surface area (Å²) in [5, 5.41) is 15.5. The number of rotatable bonds is 4. The van der Waals surface area contributed by atoms with Crippen molar-refractivity contribution in [2.75, 3.05) is 32.9 Å². The summed E-state index contributed by atoms with van der Waals surface area (Å²) in [5.74, 6) is 0.809. The summed E-state index contributed by atoms with van der Waals surface area (Å²) in [4.78, 5) is 11.9. The summed E-state index contributed by atoms with van der Waals surface area (Å²) in [6, 6.07) is -0.213. The molecule has 1 amide bonds. The van der Waals surface area contributed by atoms with Gasteiger partial charge in [-0.2, -0.15) is 0 Å². The molecule has 1 saturated carbocycles. The average molecular weight is 256 g/mol. The molecule has 5 nitrogen and oxygen atoms in total. The lowest BCUT2D eigenvalue weighted by molar-refractivity contribution is -0.126. The van der Waals surface area contributed by atoms with E-state index in [2.05, 4.69) is 10.6 Å². The van der Waals surface area contributed by atoms with Gasteiger partial charge in [0.15, 0.2) is 0 Å². The van der Waals surface area contributed by atoms with Crippen LogP contribution in [-0.4, -0.2) is 50.0 Å². The number of aliphatic hydroxyl groups excluding tert-OH is 1. The second kappa shape index (κ2) is 7.07. The number of aliphatic hydroxyl groups is 1. The van der Waals surface area contributed by atoms with Gasteiger partial charge in [-0.3, -0.25) is 4.79 Å². The topological polar surface area (TPSA) is 70.6 Å². The van der Waals surface area contributed by atoms with Crippen LogP contribution in [0.4, 0.5) is 0 Å². The Labute approximate surface area is 108 Å². The molecular weight excluding hydrogens is 232 g/mol. The Morgan fingerprint density at radius 3 is 2.78 bits per heavy atom. The monoisotopic (exact) mass is 256 g/mol. The minimum absolute atomic E-state index is 0.0250. The first-order chi connectivity index (χ1) is 8.81. The van der Waals surface area contributed by atoms with E-state index in [1.54, 1.807) is 0 Å². The van der Waals surface area contributed by atoms with Crippen molar-refractivity contribution in [1.29, 1.82) is 0 Å². The minimum Gasteiger partial charge on any atom is -0.396 e. The fourth-order valence-electron chi connectivity index (χ4n) is 2.88. The fourth-order valence-corrected chi connectivity index (χ4v) is 2.88. The quantitative estimate of drug-likeness (QED) is 0.656. The van der Waals surface area contributed by atoms with Crippen LogP contribution in [0.5, 0.6) is 0 Å². The molecule has 104 valence electrons. The average Bonchev–Trinajstić information content (AvgIpc) is 2.46. The standard InChI is InChI=1S/C13H24N2O3/c16-8-11-4-2-1-3-10(11)7-15-13(17)12-9-18-6-5-14-12/h10-12,14,16H,1-9H2,(H,15,17). The summed E-state index contributed by atoms with van der Waals surface area (Å²) in [6.07, 6.45) is 4.61. The van der Waals surface area contributed by atoms with E-state index < -0.39 is 0 Å². The van der Waals surface area contributed by atoms with Crippen LogP contribution in [0.2, 0.25) is 0 Å². The Balaban J connectivity index is 1.73. The summed E-state index contributed by atoms with van der Waals surface area (Å²) < 4.78 is 5.27. The summed E-state index contributed by atoms with van der Waals surface area (Å²) >= 11 is 0. The lowest BCUT2D eigenvalue weighted by Crippen LogP contribution is -2.52. The van der Waals surface area contributed by atoms with E-state index in [0.29, 0.717) is 31.6 Å². The Hall–Kier alpha value is -0.650. The molecule has 2 fully saturated rings. The molecule has 0 aromatic carbocycles. The minimum atomic E-state index is -0.213. The van der Waals surface area contributed by atoms with Gasteiger partial charge in [0.05, 0.1) is 13.2 Å². The first kappa shape index (κ1) is 13.8. The molecule has 1 saturated heterocycles. The van der Waals surface area contributed by atoms with Gasteiger partial charge < -0.3 is 20.5 Å². The molecule has 5 heteroatoms. The van der Waals surface area contributed by atoms with Gasteiger partial charge in [-0.1, -0.05) is 12.8 Å². The van der Waals surface area contributed by atoms with Crippen LogP contribution in [0.1, 0.15) is 25.7 Å². The summed E-state index contributed by atoms with van der Waals surface area (Å²) in [5.41, 5.74) is 0. The maximum Gasteiger partial charge on any atom is 0.239 e. The largest absolute Gasteiger partial charge is 0.396 e. The van der Waals surface area contributed by atoms with Crippen LogP contribution in [0.15, 0.2) is 0 Å². The van der Waals surface area contributed by atoms with E-state index in [9.17, 15) is 9.90 Å². The molecule has 0 radical (unpaired) electrons. The van der Waals surface area contributed by atoms with Crippen molar-refractivity contribution in [3.05, 3.63) is 0 Å². The molecule has 0 bridgehead atoms. The van der Waals surface area contributed by atoms with Crippen LogP contribution in [0, 0.1) is 11.8 Å². The van der Waals surface area contributed by atoms with Gasteiger partial charge >= 0.3 is 0 Å². The van der Waals surface area contributed by atoms with Crippen molar-refractivity contribution < 1.29 is 14.6 Å². The zero-order chi connectivity index (χ0) is 12.8. The first-order valence-corrected chi connectivity index (χ1v) is 7.01. The molecule has 2 rings (SSSR count). The molecular formula is C13H24N2O3. The Morgan fingerprint density at radius 1 is 1.33 bits per heavy atom. The number of hydrogen-bond acceptors (Lipinski definition) is 4. The highest BCUT2D eigenvalue weighted by molar-refractivity contribution is 5.81. The van der Waals surface area contributed by atoms with Gasteiger partial charge in [0.2, 0.25) is 5.91 Å². The normalized spacial score (nSPS) is 33.1. The van der Waals surface area contributed by atoms with Crippen LogP contribution in [0.25, 0.3) is 0 Å². The highest BCUT2D eigenvalue weighted by atomic mass is 16.5. The molecule has 3 atom stereocenters. The van der Waals surface area contributed by atoms with E-state index in [1.807, 2.05) is 0 Å². The lowest BCUT2D eigenvalue weighted by atomic mass is 9.79. The SMILES string of the molecule is O=C(NCC1CCCCC1CO)C1COCCN1. The first-order valence-electron chi connectivity index (χ1n) is 7.01. The van der Waals surface area contributed by atoms with Gasteiger partial charge in [0, 0.05) is 19.7 Å². The van der Waals surface area contributed by atoms with Crippen LogP contribution < -0.4 is 10.6 Å². The van der Waals surface area contributed by atoms with Gasteiger partial charge in [0.25, 0.3) is 0 Å². The number of hydrogen-bond donors (Lipinski definition) is 3. The molecule has 2 aliphatic rings. The Bertz CT molecular complexity index is 267. The maximum absolute atomic E-state index is 11.9. The molecule has 3 unspecified atom stereocenters. The van der Waals surface area contributed by atoms with Gasteiger partial charge in [-0.25, -0.2) is 0 Å². The van der Waals surface area contributed by atoms with E-state index in [0.717, 1.165) is 19.4 Å². The molecule has 0 aromatic heterocycles. The van der Waals surface area contributed by atoms with E-state index in [1.165, 1.54) is 12.8 Å². The van der Waals surface area contributed by atoms with Crippen molar-refractivity contribution in [1.82, 2.24) is 10.6 Å². The van der Waals surface area contributed by atoms with Crippen LogP contribution in [0.3, 0.4) is 0 Å². The highest BCUT2D eigenvalue weighted by Crippen LogP contribution is 2.29. The number of nitrogens with one attached hydrogen (secondary N) is 2. The summed E-state index contributed by atoms with van der Waals surface area (Å²) in [7, 11) is 0. The molecule has 1 aliphatic carbocycles. The number of carbonyl (C=O) groups excluding carboxylic acids is 1. The van der Waals surface area contributed by atoms with Crippen molar-refractivity contribution in [2.45, 2.75) is 31.7 Å². The second-order valence-corrected chi connectivity index (χ2v) is 5.31. The van der Waals surface area contributed by atoms with Crippen molar-refractivity contribution in [3.63, 3.8) is 0 Å². The Morgan fingerprint density at radius 2 is 2.11 bits per heavy atom. The second-order valence-electron chi connectivity index (χ2n) is 5.31. The van der Waals surface area contributed by atoms with E-state index >= 15 is 0 Å². The van der Waals surface area contributed by atoms with Crippen molar-refractivity contribution in [3.8, 4) is 0 Å². The Kier molecular flexibility index (Phi) is 5.41. The van der Waals surface area contributed by atoms with Gasteiger partial charge in [-0.05, 0) is 24.7 Å². The molecule has 1 heterocycles. The highest BCUT2D eigenvalue weighted by Gasteiger charge is 2.26.